The van der Waals surface area contributed by atoms with Gasteiger partial charge in [0.05, 0.1) is 40.1 Å². The zero-order valence-electron chi connectivity index (χ0n) is 63.4. The number of pyridine rings is 1. The lowest BCUT2D eigenvalue weighted by Crippen LogP contribution is -2.64. The SMILES string of the molecule is Cc1c(-c2ccc(N3CCc4cccc(C(=O)Nc5nc6ccccc6s5)c4C3)nc2C(=O)O)cnn1CC12CC3(C)CC(C)(C1)CC(OCCN(CCN(CCS(=O)(=O)O)C(=O)COc1ccc(NC(=O)[C@H](CCCNC(N)=O)NC(=O)[C@@H](NC(=O)CCCCCN4C(=O)C=CC4=O)C(C)C)cc1)CCS(=O)(=O)O)(C3)C2. The number of aromatic nitrogens is 4. The number of anilines is 3. The van der Waals surface area contributed by atoms with Crippen molar-refractivity contribution in [3.8, 4) is 16.9 Å². The van der Waals surface area contributed by atoms with Gasteiger partial charge in [-0.05, 0) is 165 Å². The second-order valence-electron chi connectivity index (χ2n) is 31.3. The van der Waals surface area contributed by atoms with Gasteiger partial charge in [0.2, 0.25) is 17.7 Å². The van der Waals surface area contributed by atoms with E-state index in [1.165, 1.54) is 47.8 Å². The fourth-order valence-corrected chi connectivity index (χ4v) is 19.4. The van der Waals surface area contributed by atoms with Gasteiger partial charge in [-0.25, -0.2) is 19.6 Å². The minimum Gasteiger partial charge on any atom is -0.484 e. The molecule has 32 nitrogen and oxygen atoms in total. The molecule has 6 aromatic rings. The molecule has 0 radical (unpaired) electrons. The standard InChI is InChI=1S/C77H98N14O18S3/c1-49(2)66(85-62(92)18-7-6-10-29-90-63(93)25-26-64(90)94)70(98)82-59(16-12-28-79-72(78)101)69(97)81-52-19-21-53(22-20-52)108-41-65(95)88(35-38-112(105,106)107)32-31-87(34-37-111(102,103)104)33-36-109-77-45-74(4)42-75(5,46-77)44-76(43-74,47-77)48-91-50(3)56(39-80-91)54-23-24-61(84-67(54)71(99)100)89-30-27-51-13-11-14-55(57(51)40-89)68(96)86-73-83-58-15-8-9-17-60(58)110-73/h8-9,11,13-15,17,19-26,39,49,59,66H,6-7,10,12,16,18,27-38,40-48H2,1-5H3,(H,81,97)(H,82,98)(H,85,92)(H,99,100)(H3,78,79,101)(H,83,86,96)(H,102,103,104)(H,105,106,107)/t59-,66-,74?,75?,76?,77?/m0/s1. The molecule has 3 aromatic carbocycles. The second kappa shape index (κ2) is 35.1. The number of unbranched alkanes of at least 4 members (excludes halogenated alkanes) is 2. The van der Waals surface area contributed by atoms with E-state index >= 15 is 0 Å². The largest absolute Gasteiger partial charge is 0.484 e. The van der Waals surface area contributed by atoms with Crippen LogP contribution in [0.3, 0.4) is 0 Å². The Labute approximate surface area is 653 Å². The van der Waals surface area contributed by atoms with Crippen LogP contribution in [0.15, 0.2) is 97.2 Å². The molecule has 10 N–H and O–H groups in total. The van der Waals surface area contributed by atoms with E-state index in [0.717, 1.165) is 68.9 Å². The van der Waals surface area contributed by atoms with Gasteiger partial charge in [0.25, 0.3) is 43.9 Å². The summed E-state index contributed by atoms with van der Waals surface area (Å²) in [6.07, 6.45) is 11.3. The second-order valence-corrected chi connectivity index (χ2v) is 35.5. The van der Waals surface area contributed by atoms with Crippen LogP contribution < -0.4 is 42.0 Å². The first-order valence-electron chi connectivity index (χ1n) is 37.6. The lowest BCUT2D eigenvalue weighted by atomic mass is 9.39. The van der Waals surface area contributed by atoms with E-state index in [0.29, 0.717) is 79.4 Å². The number of nitrogens with zero attached hydrogens (tertiary/aromatic N) is 8. The average Bonchev–Trinajstić information content (AvgIpc) is 0.737. The van der Waals surface area contributed by atoms with Gasteiger partial charge < -0.3 is 51.4 Å². The number of benzene rings is 3. The summed E-state index contributed by atoms with van der Waals surface area (Å²) in [6.45, 7) is 10.4. The Balaban J connectivity index is 0.699. The molecule has 9 amide bonds. The molecule has 0 spiro atoms. The number of para-hydroxylation sites is 1. The van der Waals surface area contributed by atoms with Crippen LogP contribution in [-0.4, -0.2) is 214 Å². The Morgan fingerprint density at radius 1 is 0.750 bits per heavy atom. The van der Waals surface area contributed by atoms with Crippen molar-refractivity contribution in [2.45, 2.75) is 149 Å². The van der Waals surface area contributed by atoms with Crippen LogP contribution in [0.2, 0.25) is 0 Å². The van der Waals surface area contributed by atoms with Crippen LogP contribution in [0.25, 0.3) is 21.3 Å². The summed E-state index contributed by atoms with van der Waals surface area (Å²) in [4.78, 5) is 132. The Hall–Kier alpha value is -9.78. The highest BCUT2D eigenvalue weighted by molar-refractivity contribution is 7.86. The number of carboxylic acids is 1. The molecule has 4 saturated carbocycles. The number of ether oxygens (including phenoxy) is 2. The van der Waals surface area contributed by atoms with Gasteiger partial charge in [0, 0.05) is 112 Å². The van der Waals surface area contributed by atoms with Crippen molar-refractivity contribution >= 4 is 112 Å². The molecule has 4 atom stereocenters. The van der Waals surface area contributed by atoms with E-state index in [9.17, 15) is 74.2 Å². The topological polar surface area (TPSA) is 444 Å². The van der Waals surface area contributed by atoms with Crippen molar-refractivity contribution in [3.63, 3.8) is 0 Å². The molecule has 112 heavy (non-hydrogen) atoms. The van der Waals surface area contributed by atoms with Crippen molar-refractivity contribution < 1.29 is 83.7 Å². The van der Waals surface area contributed by atoms with Gasteiger partial charge in [-0.3, -0.25) is 62.5 Å². The number of carbonyl (C=O) groups is 9. The quantitative estimate of drug-likeness (QED) is 0.0107. The van der Waals surface area contributed by atoms with Gasteiger partial charge in [-0.1, -0.05) is 69.7 Å². The third kappa shape index (κ3) is 21.5. The molecule has 4 fully saturated rings. The van der Waals surface area contributed by atoms with Crippen LogP contribution >= 0.6 is 11.3 Å². The first kappa shape index (κ1) is 83.2. The maximum absolute atomic E-state index is 14.0. The number of carbonyl (C=O) groups excluding carboxylic acids is 8. The van der Waals surface area contributed by atoms with E-state index in [2.05, 4.69) is 45.4 Å². The number of hydrogen-bond donors (Lipinski definition) is 9. The molecule has 6 aliphatic rings. The summed E-state index contributed by atoms with van der Waals surface area (Å²) in [7, 11) is -9.09. The lowest BCUT2D eigenvalue weighted by molar-refractivity contribution is -0.248. The third-order valence-electron chi connectivity index (χ3n) is 21.6. The summed E-state index contributed by atoms with van der Waals surface area (Å²) in [5, 5.41) is 29.8. The van der Waals surface area contributed by atoms with E-state index < -0.39 is 116 Å². The number of rotatable bonds is 39. The van der Waals surface area contributed by atoms with E-state index in [1.54, 1.807) is 37.1 Å². The normalized spacial score (nSPS) is 20.4. The Kier molecular flexibility index (Phi) is 26.1. The van der Waals surface area contributed by atoms with E-state index in [-0.39, 0.29) is 104 Å². The van der Waals surface area contributed by atoms with Crippen LogP contribution in [0, 0.1) is 29.1 Å². The predicted molar refractivity (Wildman–Crippen MR) is 417 cm³/mol. The fourth-order valence-electron chi connectivity index (χ4n) is 17.6. The van der Waals surface area contributed by atoms with Crippen molar-refractivity contribution in [2.75, 3.05) is 92.6 Å². The number of fused-ring (bicyclic) bond motifs is 2. The molecule has 12 rings (SSSR count). The molecule has 3 aromatic heterocycles. The molecule has 35 heteroatoms. The number of hydrogen-bond acceptors (Lipinski definition) is 21. The van der Waals surface area contributed by atoms with Crippen LogP contribution in [0.1, 0.15) is 142 Å². The smallest absolute Gasteiger partial charge is 0.355 e. The monoisotopic (exact) mass is 1600 g/mol. The number of thiazole rings is 1. The summed E-state index contributed by atoms with van der Waals surface area (Å²) >= 11 is 1.39. The highest BCUT2D eigenvalue weighted by Gasteiger charge is 2.66. The third-order valence-corrected chi connectivity index (χ3v) is 24.0. The first-order chi connectivity index (χ1) is 53.0. The molecule has 2 unspecified atom stereocenters. The molecular formula is C77H98N14O18S3. The van der Waals surface area contributed by atoms with Crippen LogP contribution in [0.5, 0.6) is 5.75 Å². The highest BCUT2D eigenvalue weighted by Crippen LogP contribution is 2.72. The number of imide groups is 1. The van der Waals surface area contributed by atoms with Gasteiger partial charge in [-0.15, -0.1) is 0 Å². The van der Waals surface area contributed by atoms with Crippen LogP contribution in [0.4, 0.5) is 21.4 Å². The van der Waals surface area contributed by atoms with Gasteiger partial charge in [0.15, 0.2) is 17.4 Å². The minimum atomic E-state index is -4.60. The molecule has 4 aliphatic carbocycles. The Morgan fingerprint density at radius 3 is 2.15 bits per heavy atom. The molecule has 602 valence electrons. The van der Waals surface area contributed by atoms with Gasteiger partial charge in [0.1, 0.15) is 23.7 Å². The average molecular weight is 1600 g/mol. The molecule has 4 bridgehead atoms. The predicted octanol–water partition coefficient (Wildman–Crippen LogP) is 7.00. The first-order valence-corrected chi connectivity index (χ1v) is 41.6. The number of nitrogens with one attached hydrogen (secondary N) is 5. The Bertz CT molecular complexity index is 4750. The minimum absolute atomic E-state index is 0.0229. The maximum Gasteiger partial charge on any atom is 0.355 e. The maximum atomic E-state index is 14.0. The molecule has 5 heterocycles. The van der Waals surface area contributed by atoms with E-state index in [4.69, 9.17) is 25.3 Å². The summed E-state index contributed by atoms with van der Waals surface area (Å²) in [5.41, 5.74) is 9.08. The number of primary amides is 1. The van der Waals surface area contributed by atoms with Gasteiger partial charge in [-0.2, -0.15) is 21.9 Å². The van der Waals surface area contributed by atoms with Crippen molar-refractivity contribution in [3.05, 3.63) is 125 Å². The number of aromatic carboxylic acids is 1. The number of amides is 9. The van der Waals surface area contributed by atoms with Gasteiger partial charge >= 0.3 is 12.0 Å². The molecule has 2 aliphatic heterocycles. The molecule has 0 saturated heterocycles. The summed E-state index contributed by atoms with van der Waals surface area (Å²) in [6, 6.07) is 19.7. The zero-order valence-corrected chi connectivity index (χ0v) is 65.9. The van der Waals surface area contributed by atoms with E-state index in [1.807, 2.05) is 59.0 Å². The zero-order chi connectivity index (χ0) is 80.5. The number of urea groups is 1. The van der Waals surface area contributed by atoms with Crippen molar-refractivity contribution in [2.24, 2.45) is 27.9 Å². The fraction of sp³-hybridized carbons (Fsp3) is 0.506. The van der Waals surface area contributed by atoms with Crippen molar-refractivity contribution in [1.82, 2.24) is 50.4 Å². The Morgan fingerprint density at radius 2 is 1.46 bits per heavy atom. The van der Waals surface area contributed by atoms with Crippen molar-refractivity contribution in [1.29, 1.82) is 0 Å². The molecular weight excluding hydrogens is 1510 g/mol. The highest BCUT2D eigenvalue weighted by atomic mass is 32.2. The summed E-state index contributed by atoms with van der Waals surface area (Å²) in [5.74, 6) is -6.02. The summed E-state index contributed by atoms with van der Waals surface area (Å²) < 4.78 is 84.4. The number of nitrogens with two attached hydrogens (primary N) is 1. The van der Waals surface area contributed by atoms with Crippen LogP contribution in [-0.2, 0) is 73.3 Å². The lowest BCUT2D eigenvalue weighted by Gasteiger charge is -2.69. The number of carboxylic acid groups (broad SMARTS) is 1.